The Morgan fingerprint density at radius 2 is 2.25 bits per heavy atom. The number of hydrogen-bond acceptors (Lipinski definition) is 4. The van der Waals surface area contributed by atoms with Gasteiger partial charge in [0.05, 0.1) is 12.5 Å². The van der Waals surface area contributed by atoms with E-state index in [1.54, 1.807) is 18.4 Å². The van der Waals surface area contributed by atoms with Crippen LogP contribution in [0.3, 0.4) is 0 Å². The van der Waals surface area contributed by atoms with E-state index >= 15 is 0 Å². The van der Waals surface area contributed by atoms with Crippen molar-refractivity contribution in [1.82, 2.24) is 0 Å². The van der Waals surface area contributed by atoms with Crippen molar-refractivity contribution in [2.24, 2.45) is 0 Å². The number of ether oxygens (including phenoxy) is 2. The zero-order chi connectivity index (χ0) is 11.4. The number of benzene rings is 1. The van der Waals surface area contributed by atoms with E-state index in [4.69, 9.17) is 14.7 Å². The normalized spacial score (nSPS) is 10.2. The van der Waals surface area contributed by atoms with E-state index in [2.05, 4.69) is 6.07 Å². The van der Waals surface area contributed by atoms with Crippen molar-refractivity contribution >= 4 is 21.4 Å². The summed E-state index contributed by atoms with van der Waals surface area (Å²) in [5.74, 6) is 0.788. The van der Waals surface area contributed by atoms with Gasteiger partial charge in [0.15, 0.2) is 6.79 Å². The van der Waals surface area contributed by atoms with E-state index in [1.165, 1.54) is 4.70 Å². The lowest BCUT2D eigenvalue weighted by Gasteiger charge is -2.03. The van der Waals surface area contributed by atoms with E-state index < -0.39 is 0 Å². The first-order chi connectivity index (χ1) is 7.83. The maximum absolute atomic E-state index is 8.63. The van der Waals surface area contributed by atoms with Gasteiger partial charge >= 0.3 is 0 Å². The van der Waals surface area contributed by atoms with Crippen LogP contribution in [0, 0.1) is 11.3 Å². The topological polar surface area (TPSA) is 42.2 Å². The highest BCUT2D eigenvalue weighted by molar-refractivity contribution is 7.19. The molecule has 3 nitrogen and oxygen atoms in total. The SMILES string of the molecule is COCOc1ccc2sc(CC#N)cc2c1. The number of nitrogens with zero attached hydrogens (tertiary/aromatic N) is 1. The molecule has 0 aliphatic heterocycles. The third-order valence-corrected chi connectivity index (χ3v) is 3.25. The van der Waals surface area contributed by atoms with Gasteiger partial charge in [-0.05, 0) is 29.7 Å². The molecule has 1 heterocycles. The molecule has 1 aromatic carbocycles. The Kier molecular flexibility index (Phi) is 3.40. The van der Waals surface area contributed by atoms with Crippen molar-refractivity contribution in [1.29, 1.82) is 5.26 Å². The van der Waals surface area contributed by atoms with Crippen LogP contribution >= 0.6 is 11.3 Å². The van der Waals surface area contributed by atoms with Gasteiger partial charge in [0.1, 0.15) is 5.75 Å². The molecule has 0 N–H and O–H groups in total. The lowest BCUT2D eigenvalue weighted by atomic mass is 10.2. The minimum atomic E-state index is 0.251. The van der Waals surface area contributed by atoms with Crippen LogP contribution in [0.15, 0.2) is 24.3 Å². The van der Waals surface area contributed by atoms with Crippen molar-refractivity contribution in [2.75, 3.05) is 13.9 Å². The highest BCUT2D eigenvalue weighted by Gasteiger charge is 2.03. The molecule has 2 rings (SSSR count). The summed E-state index contributed by atoms with van der Waals surface area (Å²) in [6.45, 7) is 0.251. The second-order valence-electron chi connectivity index (χ2n) is 3.30. The molecule has 0 aliphatic carbocycles. The number of thiophene rings is 1. The number of fused-ring (bicyclic) bond motifs is 1. The van der Waals surface area contributed by atoms with Gasteiger partial charge in [0.25, 0.3) is 0 Å². The van der Waals surface area contributed by atoms with E-state index in [1.807, 2.05) is 24.3 Å². The fourth-order valence-corrected chi connectivity index (χ4v) is 2.44. The van der Waals surface area contributed by atoms with Gasteiger partial charge in [-0.3, -0.25) is 0 Å². The fraction of sp³-hybridized carbons (Fsp3) is 0.250. The Morgan fingerprint density at radius 1 is 1.38 bits per heavy atom. The average molecular weight is 233 g/mol. The lowest BCUT2D eigenvalue weighted by molar-refractivity contribution is 0.0512. The summed E-state index contributed by atoms with van der Waals surface area (Å²) in [7, 11) is 1.59. The summed E-state index contributed by atoms with van der Waals surface area (Å²) < 4.78 is 11.4. The van der Waals surface area contributed by atoms with Gasteiger partial charge in [-0.25, -0.2) is 0 Å². The Hall–Kier alpha value is -1.57. The minimum absolute atomic E-state index is 0.251. The van der Waals surface area contributed by atoms with Gasteiger partial charge in [0, 0.05) is 16.7 Å². The quantitative estimate of drug-likeness (QED) is 0.762. The zero-order valence-electron chi connectivity index (χ0n) is 8.90. The van der Waals surface area contributed by atoms with E-state index in [0.29, 0.717) is 6.42 Å². The van der Waals surface area contributed by atoms with Crippen molar-refractivity contribution < 1.29 is 9.47 Å². The Bertz CT molecular complexity index is 527. The number of nitriles is 1. The molecule has 0 amide bonds. The first-order valence-corrected chi connectivity index (χ1v) is 5.66. The monoisotopic (exact) mass is 233 g/mol. The summed E-state index contributed by atoms with van der Waals surface area (Å²) in [5, 5.41) is 9.75. The van der Waals surface area contributed by atoms with E-state index in [0.717, 1.165) is 16.0 Å². The molecule has 0 fully saturated rings. The predicted octanol–water partition coefficient (Wildman–Crippen LogP) is 2.95. The van der Waals surface area contributed by atoms with Crippen LogP contribution in [0.5, 0.6) is 5.75 Å². The standard InChI is InChI=1S/C12H11NO2S/c1-14-8-15-10-2-3-12-9(6-10)7-11(16-12)4-5-13/h2-3,6-7H,4,8H2,1H3. The maximum atomic E-state index is 8.63. The molecular weight excluding hydrogens is 222 g/mol. The summed E-state index contributed by atoms with van der Waals surface area (Å²) in [6, 6.07) is 10.1. The molecule has 0 saturated heterocycles. The molecule has 82 valence electrons. The summed E-state index contributed by atoms with van der Waals surface area (Å²) in [5.41, 5.74) is 0. The van der Waals surface area contributed by atoms with Crippen LogP contribution < -0.4 is 4.74 Å². The Morgan fingerprint density at radius 3 is 3.00 bits per heavy atom. The van der Waals surface area contributed by atoms with E-state index in [-0.39, 0.29) is 6.79 Å². The smallest absolute Gasteiger partial charge is 0.188 e. The predicted molar refractivity (Wildman–Crippen MR) is 63.6 cm³/mol. The van der Waals surface area contributed by atoms with Crippen LogP contribution in [0.1, 0.15) is 4.88 Å². The van der Waals surface area contributed by atoms with Crippen molar-refractivity contribution in [3.8, 4) is 11.8 Å². The molecule has 0 radical (unpaired) electrons. The third kappa shape index (κ3) is 2.32. The molecule has 0 aliphatic rings. The van der Waals surface area contributed by atoms with Crippen LogP contribution in [0.4, 0.5) is 0 Å². The second-order valence-corrected chi connectivity index (χ2v) is 4.47. The summed E-state index contributed by atoms with van der Waals surface area (Å²) >= 11 is 1.65. The number of hydrogen-bond donors (Lipinski definition) is 0. The molecule has 0 saturated carbocycles. The molecule has 0 atom stereocenters. The Labute approximate surface area is 97.8 Å². The number of methoxy groups -OCH3 is 1. The third-order valence-electron chi connectivity index (χ3n) is 2.14. The molecular formula is C12H11NO2S. The highest BCUT2D eigenvalue weighted by Crippen LogP contribution is 2.29. The largest absolute Gasteiger partial charge is 0.468 e. The molecule has 1 aromatic heterocycles. The van der Waals surface area contributed by atoms with Crippen LogP contribution in [0.2, 0.25) is 0 Å². The zero-order valence-corrected chi connectivity index (χ0v) is 9.71. The molecule has 0 bridgehead atoms. The van der Waals surface area contributed by atoms with Gasteiger partial charge in [0.2, 0.25) is 0 Å². The van der Waals surface area contributed by atoms with Gasteiger partial charge in [-0.1, -0.05) is 0 Å². The molecule has 4 heteroatoms. The maximum Gasteiger partial charge on any atom is 0.188 e. The minimum Gasteiger partial charge on any atom is -0.468 e. The lowest BCUT2D eigenvalue weighted by Crippen LogP contribution is -1.98. The van der Waals surface area contributed by atoms with Crippen molar-refractivity contribution in [3.63, 3.8) is 0 Å². The van der Waals surface area contributed by atoms with Crippen LogP contribution in [-0.2, 0) is 11.2 Å². The molecule has 16 heavy (non-hydrogen) atoms. The first-order valence-electron chi connectivity index (χ1n) is 4.84. The first kappa shape index (κ1) is 10.9. The highest BCUT2D eigenvalue weighted by atomic mass is 32.1. The Balaban J connectivity index is 2.27. The van der Waals surface area contributed by atoms with Crippen LogP contribution in [-0.4, -0.2) is 13.9 Å². The molecule has 0 spiro atoms. The summed E-state index contributed by atoms with van der Waals surface area (Å²) in [6.07, 6.45) is 0.466. The van der Waals surface area contributed by atoms with Crippen molar-refractivity contribution in [2.45, 2.75) is 6.42 Å². The fourth-order valence-electron chi connectivity index (χ4n) is 1.46. The average Bonchev–Trinajstić information content (AvgIpc) is 2.68. The van der Waals surface area contributed by atoms with Crippen LogP contribution in [0.25, 0.3) is 10.1 Å². The van der Waals surface area contributed by atoms with Crippen molar-refractivity contribution in [3.05, 3.63) is 29.1 Å². The molecule has 2 aromatic rings. The summed E-state index contributed by atoms with van der Waals surface area (Å²) in [4.78, 5) is 1.08. The molecule has 0 unspecified atom stereocenters. The number of rotatable bonds is 4. The van der Waals surface area contributed by atoms with Gasteiger partial charge in [-0.2, -0.15) is 5.26 Å². The van der Waals surface area contributed by atoms with Gasteiger partial charge < -0.3 is 9.47 Å². The van der Waals surface area contributed by atoms with E-state index in [9.17, 15) is 0 Å². The second kappa shape index (κ2) is 4.97. The van der Waals surface area contributed by atoms with Gasteiger partial charge in [-0.15, -0.1) is 11.3 Å².